The van der Waals surface area contributed by atoms with Crippen molar-refractivity contribution in [1.29, 1.82) is 0 Å². The summed E-state index contributed by atoms with van der Waals surface area (Å²) in [6.07, 6.45) is -0.155. The summed E-state index contributed by atoms with van der Waals surface area (Å²) in [5.74, 6) is -0.398. The molecular formula is C12H17NO3. The molecule has 0 aromatic heterocycles. The van der Waals surface area contributed by atoms with Crippen LogP contribution in [0.5, 0.6) is 0 Å². The van der Waals surface area contributed by atoms with Crippen LogP contribution in [0.1, 0.15) is 29.8 Å². The molecule has 0 saturated carbocycles. The van der Waals surface area contributed by atoms with Crippen LogP contribution in [0.3, 0.4) is 0 Å². The van der Waals surface area contributed by atoms with Crippen LogP contribution in [0.25, 0.3) is 0 Å². The molecular weight excluding hydrogens is 206 g/mol. The van der Waals surface area contributed by atoms with Gasteiger partial charge >= 0.3 is 5.97 Å². The molecule has 0 spiro atoms. The Labute approximate surface area is 95.3 Å². The fourth-order valence-corrected chi connectivity index (χ4v) is 1.31. The third kappa shape index (κ3) is 3.24. The maximum atomic E-state index is 11.7. The topological polar surface area (TPSA) is 61.5 Å². The maximum absolute atomic E-state index is 11.7. The summed E-state index contributed by atoms with van der Waals surface area (Å²) in [5, 5.41) is 0. The van der Waals surface area contributed by atoms with E-state index in [4.69, 9.17) is 15.2 Å². The first-order valence-corrected chi connectivity index (χ1v) is 5.13. The number of carbonyl (C=O) groups excluding carboxylic acids is 1. The highest BCUT2D eigenvalue weighted by Crippen LogP contribution is 2.16. The first-order chi connectivity index (χ1) is 7.54. The standard InChI is InChI=1S/C12H17NO3/c1-8(2)16-12(14)10-6-9(7-15-3)4-5-11(10)13/h4-6,8H,7,13H2,1-3H3. The summed E-state index contributed by atoms with van der Waals surface area (Å²) in [6.45, 7) is 4.04. The van der Waals surface area contributed by atoms with Crippen LogP contribution in [0.4, 0.5) is 5.69 Å². The smallest absolute Gasteiger partial charge is 0.340 e. The minimum Gasteiger partial charge on any atom is -0.459 e. The van der Waals surface area contributed by atoms with Crippen molar-refractivity contribution < 1.29 is 14.3 Å². The fraction of sp³-hybridized carbons (Fsp3) is 0.417. The van der Waals surface area contributed by atoms with Crippen LogP contribution in [0.15, 0.2) is 18.2 Å². The van der Waals surface area contributed by atoms with Gasteiger partial charge in [-0.3, -0.25) is 0 Å². The van der Waals surface area contributed by atoms with Gasteiger partial charge in [0.2, 0.25) is 0 Å². The highest BCUT2D eigenvalue weighted by molar-refractivity contribution is 5.95. The number of esters is 1. The van der Waals surface area contributed by atoms with E-state index in [-0.39, 0.29) is 6.10 Å². The zero-order chi connectivity index (χ0) is 12.1. The number of nitrogens with two attached hydrogens (primary N) is 1. The van der Waals surface area contributed by atoms with Crippen molar-refractivity contribution >= 4 is 11.7 Å². The van der Waals surface area contributed by atoms with Crippen molar-refractivity contribution in [1.82, 2.24) is 0 Å². The molecule has 0 bridgehead atoms. The largest absolute Gasteiger partial charge is 0.459 e. The Hall–Kier alpha value is -1.55. The van der Waals surface area contributed by atoms with Crippen LogP contribution in [-0.4, -0.2) is 19.2 Å². The quantitative estimate of drug-likeness (QED) is 0.626. The van der Waals surface area contributed by atoms with Crippen LogP contribution in [0.2, 0.25) is 0 Å². The Morgan fingerprint density at radius 2 is 2.12 bits per heavy atom. The molecule has 0 fully saturated rings. The van der Waals surface area contributed by atoms with Gasteiger partial charge in [-0.05, 0) is 31.5 Å². The molecule has 0 aliphatic heterocycles. The van der Waals surface area contributed by atoms with E-state index in [1.165, 1.54) is 0 Å². The first-order valence-electron chi connectivity index (χ1n) is 5.13. The minimum absolute atomic E-state index is 0.155. The molecule has 0 radical (unpaired) electrons. The highest BCUT2D eigenvalue weighted by atomic mass is 16.5. The predicted molar refractivity (Wildman–Crippen MR) is 62.1 cm³/mol. The molecule has 1 aromatic rings. The minimum atomic E-state index is -0.398. The molecule has 4 heteroatoms. The van der Waals surface area contributed by atoms with E-state index in [0.717, 1.165) is 5.56 Å². The van der Waals surface area contributed by atoms with Gasteiger partial charge in [-0.2, -0.15) is 0 Å². The molecule has 0 aliphatic rings. The lowest BCUT2D eigenvalue weighted by atomic mass is 10.1. The Balaban J connectivity index is 2.93. The van der Waals surface area contributed by atoms with Gasteiger partial charge in [-0.25, -0.2) is 4.79 Å². The first kappa shape index (κ1) is 12.5. The van der Waals surface area contributed by atoms with Gasteiger partial charge < -0.3 is 15.2 Å². The molecule has 0 aliphatic carbocycles. The van der Waals surface area contributed by atoms with Gasteiger partial charge in [0.25, 0.3) is 0 Å². The highest BCUT2D eigenvalue weighted by Gasteiger charge is 2.13. The number of methoxy groups -OCH3 is 1. The molecule has 0 heterocycles. The summed E-state index contributed by atoms with van der Waals surface area (Å²) in [7, 11) is 1.60. The maximum Gasteiger partial charge on any atom is 0.340 e. The van der Waals surface area contributed by atoms with Crippen LogP contribution >= 0.6 is 0 Å². The molecule has 0 saturated heterocycles. The summed E-state index contributed by atoms with van der Waals surface area (Å²) in [6, 6.07) is 5.21. The SMILES string of the molecule is COCc1ccc(N)c(C(=O)OC(C)C)c1. The normalized spacial score (nSPS) is 10.5. The van der Waals surface area contributed by atoms with E-state index in [1.807, 2.05) is 6.07 Å². The Morgan fingerprint density at radius 1 is 1.44 bits per heavy atom. The van der Waals surface area contributed by atoms with E-state index in [1.54, 1.807) is 33.1 Å². The van der Waals surface area contributed by atoms with Crippen molar-refractivity contribution in [3.8, 4) is 0 Å². The number of nitrogen functional groups attached to an aromatic ring is 1. The summed E-state index contributed by atoms with van der Waals surface area (Å²) < 4.78 is 10.1. The van der Waals surface area contributed by atoms with E-state index in [9.17, 15) is 4.79 Å². The van der Waals surface area contributed by atoms with E-state index in [2.05, 4.69) is 0 Å². The summed E-state index contributed by atoms with van der Waals surface area (Å²) in [4.78, 5) is 11.7. The lowest BCUT2D eigenvalue weighted by Gasteiger charge is -2.10. The third-order valence-corrected chi connectivity index (χ3v) is 1.99. The van der Waals surface area contributed by atoms with Crippen LogP contribution in [0, 0.1) is 0 Å². The van der Waals surface area contributed by atoms with Crippen molar-refractivity contribution in [2.75, 3.05) is 12.8 Å². The zero-order valence-corrected chi connectivity index (χ0v) is 9.82. The molecule has 0 atom stereocenters. The number of rotatable bonds is 4. The Bertz CT molecular complexity index is 375. The summed E-state index contributed by atoms with van der Waals surface area (Å²) >= 11 is 0. The second-order valence-electron chi connectivity index (χ2n) is 3.81. The van der Waals surface area contributed by atoms with Crippen LogP contribution < -0.4 is 5.73 Å². The molecule has 1 rings (SSSR count). The zero-order valence-electron chi connectivity index (χ0n) is 9.82. The Morgan fingerprint density at radius 3 is 2.69 bits per heavy atom. The van der Waals surface area contributed by atoms with E-state index < -0.39 is 5.97 Å². The van der Waals surface area contributed by atoms with Crippen molar-refractivity contribution in [2.45, 2.75) is 26.6 Å². The van der Waals surface area contributed by atoms with Crippen molar-refractivity contribution in [3.63, 3.8) is 0 Å². The van der Waals surface area contributed by atoms with Gasteiger partial charge in [0.05, 0.1) is 18.3 Å². The number of benzene rings is 1. The predicted octanol–water partition coefficient (Wildman–Crippen LogP) is 1.98. The molecule has 16 heavy (non-hydrogen) atoms. The number of ether oxygens (including phenoxy) is 2. The average Bonchev–Trinajstić information content (AvgIpc) is 2.20. The van der Waals surface area contributed by atoms with Crippen molar-refractivity contribution in [2.24, 2.45) is 0 Å². The van der Waals surface area contributed by atoms with Crippen molar-refractivity contribution in [3.05, 3.63) is 29.3 Å². The number of hydrogen-bond acceptors (Lipinski definition) is 4. The molecule has 0 unspecified atom stereocenters. The van der Waals surface area contributed by atoms with Gasteiger partial charge in [0.1, 0.15) is 0 Å². The van der Waals surface area contributed by atoms with Gasteiger partial charge in [0, 0.05) is 12.8 Å². The van der Waals surface area contributed by atoms with Crippen LogP contribution in [-0.2, 0) is 16.1 Å². The number of hydrogen-bond donors (Lipinski definition) is 1. The lowest BCUT2D eigenvalue weighted by molar-refractivity contribution is 0.0379. The Kier molecular flexibility index (Phi) is 4.31. The third-order valence-electron chi connectivity index (χ3n) is 1.99. The number of carbonyl (C=O) groups is 1. The summed E-state index contributed by atoms with van der Waals surface area (Å²) in [5.41, 5.74) is 7.43. The van der Waals surface area contributed by atoms with Gasteiger partial charge in [0.15, 0.2) is 0 Å². The van der Waals surface area contributed by atoms with Gasteiger partial charge in [-0.1, -0.05) is 6.07 Å². The van der Waals surface area contributed by atoms with E-state index >= 15 is 0 Å². The lowest BCUT2D eigenvalue weighted by Crippen LogP contribution is -2.13. The number of anilines is 1. The van der Waals surface area contributed by atoms with Gasteiger partial charge in [-0.15, -0.1) is 0 Å². The fourth-order valence-electron chi connectivity index (χ4n) is 1.31. The molecule has 2 N–H and O–H groups in total. The molecule has 88 valence electrons. The average molecular weight is 223 g/mol. The van der Waals surface area contributed by atoms with E-state index in [0.29, 0.717) is 17.9 Å². The molecule has 4 nitrogen and oxygen atoms in total. The second-order valence-corrected chi connectivity index (χ2v) is 3.81. The second kappa shape index (κ2) is 5.51. The molecule has 0 amide bonds. The molecule has 1 aromatic carbocycles. The monoisotopic (exact) mass is 223 g/mol.